The summed E-state index contributed by atoms with van der Waals surface area (Å²) >= 11 is 5.93. The number of rotatable bonds is 1. The number of nitrogen functional groups attached to an aromatic ring is 1. The molecule has 0 saturated heterocycles. The Bertz CT molecular complexity index is 468. The highest BCUT2D eigenvalue weighted by Gasteiger charge is 2.16. The van der Waals surface area contributed by atoms with Crippen LogP contribution >= 0.6 is 11.6 Å². The van der Waals surface area contributed by atoms with Crippen LogP contribution in [-0.4, -0.2) is 10.2 Å². The zero-order valence-electron chi connectivity index (χ0n) is 8.01. The third-order valence-electron chi connectivity index (χ3n) is 2.19. The van der Waals surface area contributed by atoms with Crippen LogP contribution in [0, 0.1) is 12.7 Å². The Morgan fingerprint density at radius 2 is 2.13 bits per heavy atom. The minimum absolute atomic E-state index is 0.294. The van der Waals surface area contributed by atoms with Crippen LogP contribution in [0.5, 0.6) is 0 Å². The van der Waals surface area contributed by atoms with E-state index in [1.165, 1.54) is 6.07 Å². The molecule has 1 heterocycles. The van der Waals surface area contributed by atoms with Gasteiger partial charge in [0.2, 0.25) is 0 Å². The third-order valence-corrected chi connectivity index (χ3v) is 2.50. The number of anilines is 1. The molecule has 0 unspecified atom stereocenters. The fourth-order valence-electron chi connectivity index (χ4n) is 1.50. The summed E-state index contributed by atoms with van der Waals surface area (Å²) in [6.07, 6.45) is 0. The van der Waals surface area contributed by atoms with Gasteiger partial charge < -0.3 is 5.73 Å². The van der Waals surface area contributed by atoms with Crippen molar-refractivity contribution in [2.75, 3.05) is 5.73 Å². The van der Waals surface area contributed by atoms with Crippen LogP contribution in [0.1, 0.15) is 5.69 Å². The largest absolute Gasteiger partial charge is 0.384 e. The maximum atomic E-state index is 13.6. The van der Waals surface area contributed by atoms with Gasteiger partial charge in [-0.3, -0.25) is 5.10 Å². The number of benzene rings is 1. The first-order chi connectivity index (χ1) is 7.11. The highest BCUT2D eigenvalue weighted by Crippen LogP contribution is 2.35. The molecule has 0 radical (unpaired) electrons. The molecule has 15 heavy (non-hydrogen) atoms. The van der Waals surface area contributed by atoms with Gasteiger partial charge in [0.1, 0.15) is 11.6 Å². The Labute approximate surface area is 91.1 Å². The first-order valence-corrected chi connectivity index (χ1v) is 4.74. The highest BCUT2D eigenvalue weighted by molar-refractivity contribution is 6.33. The second-order valence-corrected chi connectivity index (χ2v) is 3.60. The average Bonchev–Trinajstić information content (AvgIpc) is 2.49. The number of nitrogens with two attached hydrogens (primary N) is 1. The minimum atomic E-state index is -0.404. The van der Waals surface area contributed by atoms with Crippen LogP contribution in [0.4, 0.5) is 10.2 Å². The van der Waals surface area contributed by atoms with Crippen LogP contribution in [0.3, 0.4) is 0 Å². The van der Waals surface area contributed by atoms with E-state index in [0.29, 0.717) is 27.7 Å². The van der Waals surface area contributed by atoms with Gasteiger partial charge in [0.15, 0.2) is 0 Å². The lowest BCUT2D eigenvalue weighted by Gasteiger charge is -2.05. The molecule has 0 spiro atoms. The van der Waals surface area contributed by atoms with E-state index in [0.717, 1.165) is 0 Å². The van der Waals surface area contributed by atoms with Gasteiger partial charge in [0.25, 0.3) is 0 Å². The fourth-order valence-corrected chi connectivity index (χ4v) is 1.76. The minimum Gasteiger partial charge on any atom is -0.384 e. The third kappa shape index (κ3) is 1.57. The molecule has 0 bridgehead atoms. The molecule has 5 heteroatoms. The number of aromatic nitrogens is 2. The van der Waals surface area contributed by atoms with Crippen LogP contribution in [0.15, 0.2) is 18.2 Å². The molecule has 0 aliphatic carbocycles. The molecule has 0 aliphatic rings. The Kier molecular flexibility index (Phi) is 2.36. The number of aromatic amines is 1. The number of nitrogens with one attached hydrogen (secondary N) is 1. The molecule has 0 amide bonds. The van der Waals surface area contributed by atoms with Gasteiger partial charge in [-0.2, -0.15) is 5.10 Å². The number of nitrogens with zero attached hydrogens (tertiary/aromatic N) is 1. The van der Waals surface area contributed by atoms with Crippen molar-refractivity contribution < 1.29 is 4.39 Å². The van der Waals surface area contributed by atoms with E-state index in [9.17, 15) is 4.39 Å². The van der Waals surface area contributed by atoms with Crippen molar-refractivity contribution in [1.82, 2.24) is 10.2 Å². The lowest BCUT2D eigenvalue weighted by Crippen LogP contribution is -1.92. The molecular formula is C10H9ClFN3. The summed E-state index contributed by atoms with van der Waals surface area (Å²) in [6.45, 7) is 1.74. The number of halogens is 2. The molecule has 2 rings (SSSR count). The van der Waals surface area contributed by atoms with Crippen molar-refractivity contribution in [2.24, 2.45) is 0 Å². The van der Waals surface area contributed by atoms with Gasteiger partial charge in [0.05, 0.1) is 16.3 Å². The van der Waals surface area contributed by atoms with E-state index in [2.05, 4.69) is 10.2 Å². The molecular weight excluding hydrogens is 217 g/mol. The molecule has 1 aromatic carbocycles. The molecule has 3 N–H and O–H groups in total. The quantitative estimate of drug-likeness (QED) is 0.784. The Hall–Kier alpha value is -1.55. The van der Waals surface area contributed by atoms with E-state index in [1.54, 1.807) is 19.1 Å². The summed E-state index contributed by atoms with van der Waals surface area (Å²) in [7, 11) is 0. The van der Waals surface area contributed by atoms with E-state index in [-0.39, 0.29) is 0 Å². The highest BCUT2D eigenvalue weighted by atomic mass is 35.5. The zero-order chi connectivity index (χ0) is 11.0. The van der Waals surface area contributed by atoms with Crippen molar-refractivity contribution in [3.8, 4) is 11.1 Å². The Morgan fingerprint density at radius 1 is 1.40 bits per heavy atom. The molecule has 1 aromatic heterocycles. The monoisotopic (exact) mass is 225 g/mol. The fraction of sp³-hybridized carbons (Fsp3) is 0.100. The first-order valence-electron chi connectivity index (χ1n) is 4.36. The second-order valence-electron chi connectivity index (χ2n) is 3.19. The van der Waals surface area contributed by atoms with Gasteiger partial charge in [-0.25, -0.2) is 4.39 Å². The summed E-state index contributed by atoms with van der Waals surface area (Å²) < 4.78 is 13.6. The molecule has 0 saturated carbocycles. The summed E-state index contributed by atoms with van der Waals surface area (Å²) in [4.78, 5) is 0. The van der Waals surface area contributed by atoms with Crippen molar-refractivity contribution in [2.45, 2.75) is 6.92 Å². The van der Waals surface area contributed by atoms with E-state index >= 15 is 0 Å². The number of aryl methyl sites for hydroxylation is 1. The molecule has 0 atom stereocenters. The lowest BCUT2D eigenvalue weighted by molar-refractivity contribution is 0.631. The van der Waals surface area contributed by atoms with Crippen molar-refractivity contribution in [3.05, 3.63) is 34.7 Å². The van der Waals surface area contributed by atoms with Crippen molar-refractivity contribution in [1.29, 1.82) is 0 Å². The summed E-state index contributed by atoms with van der Waals surface area (Å²) in [6, 6.07) is 4.51. The van der Waals surface area contributed by atoms with E-state index in [4.69, 9.17) is 17.3 Å². The van der Waals surface area contributed by atoms with Gasteiger partial charge in [0, 0.05) is 5.56 Å². The van der Waals surface area contributed by atoms with Crippen LogP contribution < -0.4 is 5.73 Å². The van der Waals surface area contributed by atoms with Crippen molar-refractivity contribution in [3.63, 3.8) is 0 Å². The average molecular weight is 226 g/mol. The smallest absolute Gasteiger partial charge is 0.132 e. The van der Waals surface area contributed by atoms with Gasteiger partial charge in [-0.15, -0.1) is 0 Å². The van der Waals surface area contributed by atoms with Crippen LogP contribution in [-0.2, 0) is 0 Å². The summed E-state index contributed by atoms with van der Waals surface area (Å²) in [5.74, 6) is -0.0850. The lowest BCUT2D eigenvalue weighted by atomic mass is 10.1. The zero-order valence-corrected chi connectivity index (χ0v) is 8.77. The molecule has 0 fully saturated rings. The first kappa shape index (κ1) is 9.98. The molecule has 78 valence electrons. The standard InChI is InChI=1S/C10H9ClFN3/c1-5-8(10(13)15-14-5)9-6(11)3-2-4-7(9)12/h2-4H,1H3,(H3,13,14,15). The van der Waals surface area contributed by atoms with Gasteiger partial charge in [-0.1, -0.05) is 17.7 Å². The summed E-state index contributed by atoms with van der Waals surface area (Å²) in [5.41, 5.74) is 7.11. The molecule has 0 aliphatic heterocycles. The second kappa shape index (κ2) is 3.55. The van der Waals surface area contributed by atoms with Crippen LogP contribution in [0.2, 0.25) is 5.02 Å². The van der Waals surface area contributed by atoms with Crippen molar-refractivity contribution >= 4 is 17.4 Å². The van der Waals surface area contributed by atoms with E-state index < -0.39 is 5.82 Å². The predicted octanol–water partition coefficient (Wildman–Crippen LogP) is 2.76. The summed E-state index contributed by atoms with van der Waals surface area (Å²) in [5, 5.41) is 6.82. The normalized spacial score (nSPS) is 10.6. The maximum Gasteiger partial charge on any atom is 0.132 e. The van der Waals surface area contributed by atoms with Gasteiger partial charge >= 0.3 is 0 Å². The van der Waals surface area contributed by atoms with Gasteiger partial charge in [-0.05, 0) is 19.1 Å². The maximum absolute atomic E-state index is 13.6. The predicted molar refractivity (Wildman–Crippen MR) is 58.1 cm³/mol. The topological polar surface area (TPSA) is 54.7 Å². The number of H-pyrrole nitrogens is 1. The molecule has 2 aromatic rings. The van der Waals surface area contributed by atoms with Crippen LogP contribution in [0.25, 0.3) is 11.1 Å². The molecule has 3 nitrogen and oxygen atoms in total. The number of hydrogen-bond donors (Lipinski definition) is 2. The Balaban J connectivity index is 2.74. The Morgan fingerprint density at radius 3 is 2.67 bits per heavy atom. The number of hydrogen-bond acceptors (Lipinski definition) is 2. The van der Waals surface area contributed by atoms with E-state index in [1.807, 2.05) is 0 Å². The SMILES string of the molecule is Cc1n[nH]c(N)c1-c1c(F)cccc1Cl.